The third kappa shape index (κ3) is 3.85. The van der Waals surface area contributed by atoms with Gasteiger partial charge < -0.3 is 5.32 Å². The van der Waals surface area contributed by atoms with Gasteiger partial charge in [0.2, 0.25) is 0 Å². The van der Waals surface area contributed by atoms with E-state index in [4.69, 9.17) is 0 Å². The molecule has 0 amide bonds. The Balaban J connectivity index is 2.07. The molecule has 114 valence electrons. The Kier molecular flexibility index (Phi) is 4.37. The van der Waals surface area contributed by atoms with Crippen molar-refractivity contribution in [1.29, 1.82) is 0 Å². The number of hydrogen-bond acceptors (Lipinski definition) is 2. The van der Waals surface area contributed by atoms with E-state index in [0.29, 0.717) is 12.1 Å². The van der Waals surface area contributed by atoms with Crippen molar-refractivity contribution in [2.45, 2.75) is 32.6 Å². The second-order valence-corrected chi connectivity index (χ2v) is 5.14. The first-order valence-corrected chi connectivity index (χ1v) is 6.67. The Hall–Kier alpha value is -1.82. The van der Waals surface area contributed by atoms with Crippen LogP contribution in [0.1, 0.15) is 35.3 Å². The number of rotatable bonds is 4. The van der Waals surface area contributed by atoms with Gasteiger partial charge in [0.15, 0.2) is 0 Å². The van der Waals surface area contributed by atoms with Crippen molar-refractivity contribution < 1.29 is 13.2 Å². The van der Waals surface area contributed by atoms with Crippen LogP contribution >= 0.6 is 0 Å². The summed E-state index contributed by atoms with van der Waals surface area (Å²) in [5.74, 6) is 0. The molecule has 0 radical (unpaired) electrons. The number of aryl methyl sites for hydroxylation is 2. The molecule has 21 heavy (non-hydrogen) atoms. The van der Waals surface area contributed by atoms with Gasteiger partial charge in [0.25, 0.3) is 0 Å². The van der Waals surface area contributed by atoms with E-state index in [0.717, 1.165) is 17.3 Å². The highest BCUT2D eigenvalue weighted by atomic mass is 19.4. The van der Waals surface area contributed by atoms with Gasteiger partial charge in [0.1, 0.15) is 0 Å². The van der Waals surface area contributed by atoms with E-state index in [-0.39, 0.29) is 6.04 Å². The molecule has 1 unspecified atom stereocenters. The normalized spacial score (nSPS) is 13.4. The number of aromatic nitrogens is 2. The van der Waals surface area contributed by atoms with Gasteiger partial charge in [-0.25, -0.2) is 0 Å². The number of hydrogen-bond donors (Lipinski definition) is 1. The third-order valence-corrected chi connectivity index (χ3v) is 3.43. The maximum Gasteiger partial charge on any atom is 0.416 e. The van der Waals surface area contributed by atoms with Crippen LogP contribution in [0.25, 0.3) is 0 Å². The fourth-order valence-corrected chi connectivity index (χ4v) is 2.19. The quantitative estimate of drug-likeness (QED) is 0.934. The summed E-state index contributed by atoms with van der Waals surface area (Å²) >= 11 is 0. The zero-order chi connectivity index (χ0) is 15.6. The SMILES string of the molecule is Cc1nn(C)cc1CNC(C)c1cccc(C(F)(F)F)c1. The molecule has 6 heteroatoms. The van der Waals surface area contributed by atoms with E-state index in [1.54, 1.807) is 10.7 Å². The zero-order valence-electron chi connectivity index (χ0n) is 12.2. The van der Waals surface area contributed by atoms with Crippen molar-refractivity contribution >= 4 is 0 Å². The molecule has 0 saturated heterocycles. The molecule has 1 aromatic heterocycles. The third-order valence-electron chi connectivity index (χ3n) is 3.43. The van der Waals surface area contributed by atoms with E-state index >= 15 is 0 Å². The predicted molar refractivity (Wildman–Crippen MR) is 74.6 cm³/mol. The number of nitrogens with zero attached hydrogens (tertiary/aromatic N) is 2. The van der Waals surface area contributed by atoms with Crippen molar-refractivity contribution in [1.82, 2.24) is 15.1 Å². The Labute approximate surface area is 121 Å². The van der Waals surface area contributed by atoms with E-state index in [1.807, 2.05) is 27.1 Å². The molecular formula is C15H18F3N3. The molecule has 1 aromatic carbocycles. The summed E-state index contributed by atoms with van der Waals surface area (Å²) in [7, 11) is 1.84. The highest BCUT2D eigenvalue weighted by Crippen LogP contribution is 2.30. The summed E-state index contributed by atoms with van der Waals surface area (Å²) in [6.07, 6.45) is -2.41. The van der Waals surface area contributed by atoms with Crippen molar-refractivity contribution in [3.05, 3.63) is 52.8 Å². The van der Waals surface area contributed by atoms with E-state index in [2.05, 4.69) is 10.4 Å². The molecule has 1 heterocycles. The average molecular weight is 297 g/mol. The Morgan fingerprint density at radius 2 is 2.05 bits per heavy atom. The smallest absolute Gasteiger partial charge is 0.306 e. The van der Waals surface area contributed by atoms with Crippen LogP contribution < -0.4 is 5.32 Å². The van der Waals surface area contributed by atoms with Crippen LogP contribution in [0.3, 0.4) is 0 Å². The van der Waals surface area contributed by atoms with E-state index in [9.17, 15) is 13.2 Å². The molecular weight excluding hydrogens is 279 g/mol. The molecule has 1 atom stereocenters. The van der Waals surface area contributed by atoms with Gasteiger partial charge in [-0.2, -0.15) is 18.3 Å². The Bertz CT molecular complexity index is 617. The molecule has 0 aliphatic rings. The molecule has 2 aromatic rings. The van der Waals surface area contributed by atoms with Gasteiger partial charge in [-0.15, -0.1) is 0 Å². The summed E-state index contributed by atoms with van der Waals surface area (Å²) in [4.78, 5) is 0. The highest BCUT2D eigenvalue weighted by Gasteiger charge is 2.30. The second kappa shape index (κ2) is 5.89. The molecule has 2 rings (SSSR count). The van der Waals surface area contributed by atoms with E-state index < -0.39 is 11.7 Å². The summed E-state index contributed by atoms with van der Waals surface area (Å²) in [6.45, 7) is 4.32. The van der Waals surface area contributed by atoms with Gasteiger partial charge in [-0.3, -0.25) is 4.68 Å². The lowest BCUT2D eigenvalue weighted by atomic mass is 10.0. The molecule has 0 aliphatic carbocycles. The summed E-state index contributed by atoms with van der Waals surface area (Å²) in [6, 6.07) is 5.23. The largest absolute Gasteiger partial charge is 0.416 e. The second-order valence-electron chi connectivity index (χ2n) is 5.14. The van der Waals surface area contributed by atoms with Gasteiger partial charge in [-0.05, 0) is 31.5 Å². The lowest BCUT2D eigenvalue weighted by Crippen LogP contribution is -2.19. The van der Waals surface area contributed by atoms with Gasteiger partial charge in [0, 0.05) is 31.4 Å². The minimum atomic E-state index is -4.31. The first-order chi connectivity index (χ1) is 9.77. The highest BCUT2D eigenvalue weighted by molar-refractivity contribution is 5.28. The van der Waals surface area contributed by atoms with Crippen molar-refractivity contribution in [2.24, 2.45) is 7.05 Å². The topological polar surface area (TPSA) is 29.9 Å². The van der Waals surface area contributed by atoms with Crippen LogP contribution in [0.5, 0.6) is 0 Å². The molecule has 0 aliphatic heterocycles. The van der Waals surface area contributed by atoms with Gasteiger partial charge >= 0.3 is 6.18 Å². The van der Waals surface area contributed by atoms with Gasteiger partial charge in [0.05, 0.1) is 11.3 Å². The monoisotopic (exact) mass is 297 g/mol. The predicted octanol–water partition coefficient (Wildman–Crippen LogP) is 3.60. The molecule has 0 fully saturated rings. The lowest BCUT2D eigenvalue weighted by Gasteiger charge is -2.16. The van der Waals surface area contributed by atoms with Gasteiger partial charge in [-0.1, -0.05) is 12.1 Å². The fourth-order valence-electron chi connectivity index (χ4n) is 2.19. The van der Waals surface area contributed by atoms with Crippen molar-refractivity contribution in [3.8, 4) is 0 Å². The van der Waals surface area contributed by atoms with Crippen molar-refractivity contribution in [3.63, 3.8) is 0 Å². The minimum Gasteiger partial charge on any atom is -0.306 e. The molecule has 0 saturated carbocycles. The number of benzene rings is 1. The number of nitrogens with one attached hydrogen (secondary N) is 1. The van der Waals surface area contributed by atoms with Crippen LogP contribution in [-0.2, 0) is 19.8 Å². The van der Waals surface area contributed by atoms with Crippen LogP contribution in [0.15, 0.2) is 30.5 Å². The molecule has 0 bridgehead atoms. The zero-order valence-corrected chi connectivity index (χ0v) is 12.2. The first-order valence-electron chi connectivity index (χ1n) is 6.67. The maximum absolute atomic E-state index is 12.7. The van der Waals surface area contributed by atoms with Crippen LogP contribution in [-0.4, -0.2) is 9.78 Å². The summed E-state index contributed by atoms with van der Waals surface area (Å²) in [5.41, 5.74) is 1.95. The molecule has 0 spiro atoms. The van der Waals surface area contributed by atoms with Crippen LogP contribution in [0, 0.1) is 6.92 Å². The fraction of sp³-hybridized carbons (Fsp3) is 0.400. The number of alkyl halides is 3. The van der Waals surface area contributed by atoms with Crippen LogP contribution in [0.2, 0.25) is 0 Å². The molecule has 1 N–H and O–H groups in total. The molecule has 3 nitrogen and oxygen atoms in total. The standard InChI is InChI=1S/C15H18F3N3/c1-10(19-8-13-9-21(3)20-11(13)2)12-5-4-6-14(7-12)15(16,17)18/h4-7,9-10,19H,8H2,1-3H3. The Morgan fingerprint density at radius 1 is 1.33 bits per heavy atom. The average Bonchev–Trinajstić information content (AvgIpc) is 2.73. The van der Waals surface area contributed by atoms with Crippen LogP contribution in [0.4, 0.5) is 13.2 Å². The minimum absolute atomic E-state index is 0.174. The summed E-state index contributed by atoms with van der Waals surface area (Å²) < 4.78 is 39.8. The first kappa shape index (κ1) is 15.6. The maximum atomic E-state index is 12.7. The van der Waals surface area contributed by atoms with Crippen molar-refractivity contribution in [2.75, 3.05) is 0 Å². The Morgan fingerprint density at radius 3 is 2.62 bits per heavy atom. The summed E-state index contributed by atoms with van der Waals surface area (Å²) in [5, 5.41) is 7.46. The van der Waals surface area contributed by atoms with E-state index in [1.165, 1.54) is 12.1 Å². The lowest BCUT2D eigenvalue weighted by molar-refractivity contribution is -0.137. The number of halogens is 3.